The maximum absolute atomic E-state index is 12.5. The predicted octanol–water partition coefficient (Wildman–Crippen LogP) is 2.70. The molecule has 23 heavy (non-hydrogen) atoms. The molecule has 0 radical (unpaired) electrons. The number of benzene rings is 1. The largest absolute Gasteiger partial charge is 0.363 e. The van der Waals surface area contributed by atoms with Crippen LogP contribution in [0.25, 0.3) is 11.0 Å². The number of imidazole rings is 1. The van der Waals surface area contributed by atoms with Crippen LogP contribution in [0.2, 0.25) is 0 Å². The van der Waals surface area contributed by atoms with E-state index in [9.17, 15) is 4.79 Å². The number of amides is 1. The quantitative estimate of drug-likeness (QED) is 0.805. The van der Waals surface area contributed by atoms with Gasteiger partial charge in [0.05, 0.1) is 29.2 Å². The van der Waals surface area contributed by atoms with Crippen LogP contribution in [-0.2, 0) is 4.79 Å². The Morgan fingerprint density at radius 1 is 1.17 bits per heavy atom. The number of nitrogens with one attached hydrogen (secondary N) is 1. The average molecular weight is 309 g/mol. The van der Waals surface area contributed by atoms with E-state index >= 15 is 0 Å². The van der Waals surface area contributed by atoms with E-state index in [1.54, 1.807) is 12.5 Å². The van der Waals surface area contributed by atoms with Gasteiger partial charge >= 0.3 is 0 Å². The fraction of sp³-hybridized carbons (Fsp3) is 0.235. The van der Waals surface area contributed by atoms with Crippen LogP contribution in [0.4, 0.5) is 11.5 Å². The molecule has 2 aromatic heterocycles. The van der Waals surface area contributed by atoms with Gasteiger partial charge in [-0.15, -0.1) is 0 Å². The maximum Gasteiger partial charge on any atom is 0.247 e. The average Bonchev–Trinajstić information content (AvgIpc) is 2.98. The van der Waals surface area contributed by atoms with Crippen molar-refractivity contribution in [3.63, 3.8) is 0 Å². The molecule has 0 aliphatic heterocycles. The van der Waals surface area contributed by atoms with Crippen LogP contribution in [0.5, 0.6) is 0 Å². The molecule has 1 unspecified atom stereocenters. The van der Waals surface area contributed by atoms with Crippen molar-refractivity contribution in [2.75, 3.05) is 24.3 Å². The zero-order valence-corrected chi connectivity index (χ0v) is 13.4. The summed E-state index contributed by atoms with van der Waals surface area (Å²) in [5, 5.41) is 2.89. The Hall–Kier alpha value is -2.89. The Labute approximate surface area is 134 Å². The zero-order chi connectivity index (χ0) is 16.4. The number of aromatic nitrogens is 3. The Morgan fingerprint density at radius 3 is 2.65 bits per heavy atom. The Bertz CT molecular complexity index is 822. The summed E-state index contributed by atoms with van der Waals surface area (Å²) >= 11 is 0. The number of rotatable bonds is 4. The van der Waals surface area contributed by atoms with Gasteiger partial charge in [0.1, 0.15) is 11.9 Å². The van der Waals surface area contributed by atoms with E-state index < -0.39 is 0 Å². The van der Waals surface area contributed by atoms with Crippen LogP contribution in [0, 0.1) is 0 Å². The maximum atomic E-state index is 12.5. The monoisotopic (exact) mass is 309 g/mol. The van der Waals surface area contributed by atoms with Crippen LogP contribution in [0.15, 0.2) is 48.9 Å². The highest BCUT2D eigenvalue weighted by molar-refractivity contribution is 5.94. The summed E-state index contributed by atoms with van der Waals surface area (Å²) in [6.45, 7) is 1.85. The van der Waals surface area contributed by atoms with E-state index in [0.717, 1.165) is 16.9 Å². The highest BCUT2D eigenvalue weighted by atomic mass is 16.2. The van der Waals surface area contributed by atoms with E-state index in [-0.39, 0.29) is 11.9 Å². The third kappa shape index (κ3) is 3.01. The van der Waals surface area contributed by atoms with Crippen molar-refractivity contribution in [2.24, 2.45) is 0 Å². The van der Waals surface area contributed by atoms with Gasteiger partial charge in [0.25, 0.3) is 0 Å². The molecule has 1 aromatic carbocycles. The van der Waals surface area contributed by atoms with Crippen molar-refractivity contribution in [3.8, 4) is 0 Å². The molecular formula is C17H19N5O. The van der Waals surface area contributed by atoms with Gasteiger partial charge < -0.3 is 14.8 Å². The molecule has 0 fully saturated rings. The van der Waals surface area contributed by atoms with E-state index in [1.807, 2.05) is 66.9 Å². The molecule has 1 atom stereocenters. The molecule has 6 heteroatoms. The lowest BCUT2D eigenvalue weighted by molar-refractivity contribution is -0.118. The van der Waals surface area contributed by atoms with Gasteiger partial charge in [-0.05, 0) is 31.2 Å². The van der Waals surface area contributed by atoms with Gasteiger partial charge in [-0.25, -0.2) is 9.97 Å². The molecular weight excluding hydrogens is 290 g/mol. The fourth-order valence-electron chi connectivity index (χ4n) is 2.38. The van der Waals surface area contributed by atoms with Gasteiger partial charge in [0.2, 0.25) is 5.91 Å². The van der Waals surface area contributed by atoms with Crippen molar-refractivity contribution in [1.82, 2.24) is 14.5 Å². The van der Waals surface area contributed by atoms with Crippen molar-refractivity contribution in [2.45, 2.75) is 13.0 Å². The molecule has 6 nitrogen and oxygen atoms in total. The first-order chi connectivity index (χ1) is 11.1. The molecule has 0 aliphatic rings. The molecule has 1 N–H and O–H groups in total. The number of hydrogen-bond donors (Lipinski definition) is 1. The second-order valence-corrected chi connectivity index (χ2v) is 5.61. The Morgan fingerprint density at radius 2 is 1.96 bits per heavy atom. The number of carbonyl (C=O) groups excluding carboxylic acids is 1. The van der Waals surface area contributed by atoms with E-state index in [4.69, 9.17) is 0 Å². The minimum Gasteiger partial charge on any atom is -0.363 e. The van der Waals surface area contributed by atoms with Crippen LogP contribution >= 0.6 is 0 Å². The topological polar surface area (TPSA) is 63.1 Å². The number of hydrogen-bond acceptors (Lipinski definition) is 4. The number of anilines is 2. The number of nitrogens with zero attached hydrogens (tertiary/aromatic N) is 4. The zero-order valence-electron chi connectivity index (χ0n) is 13.4. The predicted molar refractivity (Wildman–Crippen MR) is 91.6 cm³/mol. The first-order valence-corrected chi connectivity index (χ1v) is 7.42. The van der Waals surface area contributed by atoms with Crippen LogP contribution in [-0.4, -0.2) is 34.5 Å². The first-order valence-electron chi connectivity index (χ1n) is 7.42. The van der Waals surface area contributed by atoms with Crippen molar-refractivity contribution in [3.05, 3.63) is 48.9 Å². The Balaban J connectivity index is 1.77. The summed E-state index contributed by atoms with van der Waals surface area (Å²) in [6.07, 6.45) is 3.36. The van der Waals surface area contributed by atoms with Crippen molar-refractivity contribution in [1.29, 1.82) is 0 Å². The minimum atomic E-state index is -0.365. The molecule has 3 aromatic rings. The Kier molecular flexibility index (Phi) is 3.97. The lowest BCUT2D eigenvalue weighted by atomic mass is 10.2. The van der Waals surface area contributed by atoms with Gasteiger partial charge in [-0.2, -0.15) is 0 Å². The van der Waals surface area contributed by atoms with Crippen LogP contribution < -0.4 is 10.2 Å². The summed E-state index contributed by atoms with van der Waals surface area (Å²) in [4.78, 5) is 23.0. The molecule has 118 valence electrons. The smallest absolute Gasteiger partial charge is 0.247 e. The molecule has 0 saturated carbocycles. The molecule has 0 saturated heterocycles. The van der Waals surface area contributed by atoms with Crippen LogP contribution in [0.3, 0.4) is 0 Å². The summed E-state index contributed by atoms with van der Waals surface area (Å²) in [6, 6.07) is 11.1. The summed E-state index contributed by atoms with van der Waals surface area (Å²) in [7, 11) is 3.85. The van der Waals surface area contributed by atoms with Crippen LogP contribution in [0.1, 0.15) is 13.0 Å². The molecule has 2 heterocycles. The number of para-hydroxylation sites is 2. The lowest BCUT2D eigenvalue weighted by Crippen LogP contribution is -2.23. The second-order valence-electron chi connectivity index (χ2n) is 5.61. The number of fused-ring (bicyclic) bond motifs is 1. The summed E-state index contributed by atoms with van der Waals surface area (Å²) < 4.78 is 1.87. The third-order valence-electron chi connectivity index (χ3n) is 3.75. The molecule has 0 spiro atoms. The SMILES string of the molecule is CC(C(=O)Nc1ccc(N(C)C)nc1)n1cnc2ccccc21. The van der Waals surface area contributed by atoms with Crippen molar-refractivity contribution < 1.29 is 4.79 Å². The van der Waals surface area contributed by atoms with E-state index in [2.05, 4.69) is 15.3 Å². The molecule has 0 aliphatic carbocycles. The lowest BCUT2D eigenvalue weighted by Gasteiger charge is -2.15. The second kappa shape index (κ2) is 6.08. The normalized spacial score (nSPS) is 12.1. The van der Waals surface area contributed by atoms with Crippen molar-refractivity contribution >= 4 is 28.4 Å². The third-order valence-corrected chi connectivity index (χ3v) is 3.75. The molecule has 3 rings (SSSR count). The van der Waals surface area contributed by atoms with Gasteiger partial charge in [-0.1, -0.05) is 12.1 Å². The first kappa shape index (κ1) is 15.0. The molecule has 1 amide bonds. The molecule has 0 bridgehead atoms. The van der Waals surface area contributed by atoms with Gasteiger partial charge in [-0.3, -0.25) is 4.79 Å². The number of carbonyl (C=O) groups is 1. The number of pyridine rings is 1. The van der Waals surface area contributed by atoms with Gasteiger partial charge in [0, 0.05) is 14.1 Å². The van der Waals surface area contributed by atoms with Gasteiger partial charge in [0.15, 0.2) is 0 Å². The highest BCUT2D eigenvalue weighted by Crippen LogP contribution is 2.19. The standard InChI is InChI=1S/C17H19N5O/c1-12(22-11-19-14-6-4-5-7-15(14)22)17(23)20-13-8-9-16(18-10-13)21(2)3/h4-12H,1-3H3,(H,20,23). The van der Waals surface area contributed by atoms with E-state index in [1.165, 1.54) is 0 Å². The highest BCUT2D eigenvalue weighted by Gasteiger charge is 2.17. The summed E-state index contributed by atoms with van der Waals surface area (Å²) in [5.74, 6) is 0.740. The van der Waals surface area contributed by atoms with E-state index in [0.29, 0.717) is 5.69 Å². The fourth-order valence-corrected chi connectivity index (χ4v) is 2.38. The summed E-state index contributed by atoms with van der Waals surface area (Å²) in [5.41, 5.74) is 2.50. The minimum absolute atomic E-state index is 0.104.